The van der Waals surface area contributed by atoms with Crippen LogP contribution in [0, 0.1) is 0 Å². The van der Waals surface area contributed by atoms with Crippen LogP contribution < -0.4 is 16.4 Å². The van der Waals surface area contributed by atoms with Crippen molar-refractivity contribution in [2.45, 2.75) is 44.9 Å². The highest BCUT2D eigenvalue weighted by Crippen LogP contribution is 2.30. The van der Waals surface area contributed by atoms with E-state index in [1.807, 2.05) is 24.1 Å². The molecule has 0 aliphatic carbocycles. The minimum Gasteiger partial charge on any atom is -0.505 e. The molecule has 0 radical (unpaired) electrons. The lowest BCUT2D eigenvalue weighted by Crippen LogP contribution is -2.42. The number of anilines is 1. The number of likely N-dealkylation sites (N-methyl/N-ethyl adjacent to an activating group) is 1. The van der Waals surface area contributed by atoms with E-state index >= 15 is 0 Å². The van der Waals surface area contributed by atoms with Crippen LogP contribution in [0.2, 0.25) is 0 Å². The Hall–Kier alpha value is -3.90. The molecule has 3 heterocycles. The molecular formula is C25H34N8O4. The zero-order chi connectivity index (χ0) is 26.7. The van der Waals surface area contributed by atoms with Crippen LogP contribution in [0.4, 0.5) is 10.6 Å². The van der Waals surface area contributed by atoms with Gasteiger partial charge in [0.2, 0.25) is 5.88 Å². The number of amides is 2. The number of aromatic nitrogens is 4. The Bertz CT molecular complexity index is 1280. The van der Waals surface area contributed by atoms with Crippen molar-refractivity contribution in [3.05, 3.63) is 53.8 Å². The molecular weight excluding hydrogens is 476 g/mol. The van der Waals surface area contributed by atoms with Crippen molar-refractivity contribution < 1.29 is 19.7 Å². The maximum absolute atomic E-state index is 12.2. The number of nitrogens with one attached hydrogen (secondary N) is 2. The van der Waals surface area contributed by atoms with E-state index in [0.29, 0.717) is 37.3 Å². The van der Waals surface area contributed by atoms with E-state index in [1.165, 1.54) is 22.8 Å². The lowest BCUT2D eigenvalue weighted by molar-refractivity contribution is 0.0313. The summed E-state index contributed by atoms with van der Waals surface area (Å²) in [6.45, 7) is 8.13. The number of carbonyl (C=O) groups is 1. The number of urea groups is 1. The van der Waals surface area contributed by atoms with Gasteiger partial charge in [0.25, 0.3) is 0 Å². The summed E-state index contributed by atoms with van der Waals surface area (Å²) in [5.74, 6) is -0.0731. The molecule has 0 saturated carbocycles. The van der Waals surface area contributed by atoms with Crippen molar-refractivity contribution in [2.75, 3.05) is 32.4 Å². The lowest BCUT2D eigenvalue weighted by Gasteiger charge is -2.23. The highest BCUT2D eigenvalue weighted by atomic mass is 16.5. The second-order valence-corrected chi connectivity index (χ2v) is 10.2. The van der Waals surface area contributed by atoms with Gasteiger partial charge < -0.3 is 36.2 Å². The van der Waals surface area contributed by atoms with Crippen LogP contribution in [0.1, 0.15) is 31.9 Å². The number of aliphatic hydroxyl groups is 2. The van der Waals surface area contributed by atoms with Gasteiger partial charge in [-0.3, -0.25) is 0 Å². The predicted octanol–water partition coefficient (Wildman–Crippen LogP) is 1.58. The lowest BCUT2D eigenvalue weighted by atomic mass is 9.87. The molecule has 2 amide bonds. The van der Waals surface area contributed by atoms with Crippen LogP contribution in [0.25, 0.3) is 17.0 Å². The maximum Gasteiger partial charge on any atom is 0.315 e. The molecule has 0 unspecified atom stereocenters. The van der Waals surface area contributed by atoms with Gasteiger partial charge in [-0.15, -0.1) is 0 Å². The normalized spacial score (nSPS) is 17.9. The zero-order valence-corrected chi connectivity index (χ0v) is 21.5. The Balaban J connectivity index is 1.22. The SMILES string of the molecule is CN(CCNC(=O)NCc1ccc(C(C)(C)C)cc1)C[C@H]1OC(n2cnc3c(N)ncnc32)=C(O)[C@@H]1O. The van der Waals surface area contributed by atoms with Gasteiger partial charge in [0.05, 0.1) is 0 Å². The number of nitrogens with zero attached hydrogens (tertiary/aromatic N) is 5. The number of nitrogens with two attached hydrogens (primary N) is 1. The smallest absolute Gasteiger partial charge is 0.315 e. The molecule has 4 rings (SSSR count). The predicted molar refractivity (Wildman–Crippen MR) is 139 cm³/mol. The summed E-state index contributed by atoms with van der Waals surface area (Å²) in [7, 11) is 1.84. The summed E-state index contributed by atoms with van der Waals surface area (Å²) in [5.41, 5.74) is 8.90. The van der Waals surface area contributed by atoms with E-state index in [2.05, 4.69) is 58.5 Å². The van der Waals surface area contributed by atoms with E-state index in [9.17, 15) is 15.0 Å². The van der Waals surface area contributed by atoms with Crippen molar-refractivity contribution >= 4 is 28.9 Å². The fraction of sp³-hybridized carbons (Fsp3) is 0.440. The Kier molecular flexibility index (Phi) is 7.50. The quantitative estimate of drug-likeness (QED) is 0.303. The maximum atomic E-state index is 12.2. The Labute approximate surface area is 215 Å². The van der Waals surface area contributed by atoms with Crippen molar-refractivity contribution in [3.8, 4) is 0 Å². The first-order valence-electron chi connectivity index (χ1n) is 12.1. The summed E-state index contributed by atoms with van der Waals surface area (Å²) in [6.07, 6.45) is 0.744. The van der Waals surface area contributed by atoms with Crippen LogP contribution in [0.15, 0.2) is 42.7 Å². The topological polar surface area (TPSA) is 164 Å². The Morgan fingerprint density at radius 1 is 1.19 bits per heavy atom. The summed E-state index contributed by atoms with van der Waals surface area (Å²) < 4.78 is 7.28. The molecule has 12 heteroatoms. The van der Waals surface area contributed by atoms with Crippen LogP contribution in [0.3, 0.4) is 0 Å². The minimum absolute atomic E-state index is 0.0412. The number of ether oxygens (including phenoxy) is 1. The molecule has 0 fully saturated rings. The van der Waals surface area contributed by atoms with E-state index in [-0.39, 0.29) is 28.9 Å². The fourth-order valence-corrected chi connectivity index (χ4v) is 4.02. The number of aliphatic hydroxyl groups excluding tert-OH is 2. The van der Waals surface area contributed by atoms with Gasteiger partial charge in [-0.05, 0) is 23.6 Å². The van der Waals surface area contributed by atoms with Gasteiger partial charge in [0.15, 0.2) is 28.8 Å². The van der Waals surface area contributed by atoms with Crippen molar-refractivity contribution in [1.29, 1.82) is 0 Å². The van der Waals surface area contributed by atoms with Crippen LogP contribution >= 0.6 is 0 Å². The third-order valence-electron chi connectivity index (χ3n) is 6.24. The summed E-state index contributed by atoms with van der Waals surface area (Å²) in [5, 5.41) is 26.7. The number of carbonyl (C=O) groups excluding carboxylic acids is 1. The molecule has 0 saturated heterocycles. The van der Waals surface area contributed by atoms with E-state index in [0.717, 1.165) is 5.56 Å². The second kappa shape index (κ2) is 10.6. The summed E-state index contributed by atoms with van der Waals surface area (Å²) in [4.78, 5) is 26.3. The standard InChI is InChI=1S/C25H34N8O4/c1-25(2,3)16-7-5-15(6-8-16)11-28-24(36)27-9-10-32(4)12-17-19(34)20(35)23(37-17)33-14-31-18-21(26)29-13-30-22(18)33/h5-8,13-14,17,19,34-35H,9-12H2,1-4H3,(H2,26,29,30)(H2,27,28,36)/t17-,19-/m1/s1. The average Bonchev–Trinajstić information content (AvgIpc) is 3.40. The molecule has 12 nitrogen and oxygen atoms in total. The molecule has 1 aliphatic rings. The Morgan fingerprint density at radius 2 is 1.92 bits per heavy atom. The summed E-state index contributed by atoms with van der Waals surface area (Å²) >= 11 is 0. The summed E-state index contributed by atoms with van der Waals surface area (Å²) in [6, 6.07) is 7.95. The molecule has 6 N–H and O–H groups in total. The number of hydrogen-bond donors (Lipinski definition) is 5. The number of imidazole rings is 1. The minimum atomic E-state index is -1.23. The molecule has 37 heavy (non-hydrogen) atoms. The first kappa shape index (κ1) is 26.2. The van der Waals surface area contributed by atoms with E-state index in [4.69, 9.17) is 10.5 Å². The van der Waals surface area contributed by atoms with Gasteiger partial charge >= 0.3 is 6.03 Å². The van der Waals surface area contributed by atoms with Crippen LogP contribution in [0.5, 0.6) is 0 Å². The van der Waals surface area contributed by atoms with Crippen molar-refractivity contribution in [3.63, 3.8) is 0 Å². The largest absolute Gasteiger partial charge is 0.505 e. The third kappa shape index (κ3) is 5.92. The second-order valence-electron chi connectivity index (χ2n) is 10.2. The fourth-order valence-electron chi connectivity index (χ4n) is 4.02. The number of fused-ring (bicyclic) bond motifs is 1. The molecule has 0 bridgehead atoms. The Morgan fingerprint density at radius 3 is 2.62 bits per heavy atom. The molecule has 1 aromatic carbocycles. The first-order chi connectivity index (χ1) is 17.5. The van der Waals surface area contributed by atoms with E-state index < -0.39 is 12.2 Å². The zero-order valence-electron chi connectivity index (χ0n) is 21.5. The number of nitrogen functional groups attached to an aromatic ring is 1. The highest BCUT2D eigenvalue weighted by molar-refractivity contribution is 5.83. The average molecular weight is 511 g/mol. The van der Waals surface area contributed by atoms with Gasteiger partial charge in [-0.25, -0.2) is 24.3 Å². The molecule has 1 aliphatic heterocycles. The number of benzene rings is 1. The van der Waals surface area contributed by atoms with Gasteiger partial charge in [0, 0.05) is 26.2 Å². The van der Waals surface area contributed by atoms with E-state index in [1.54, 1.807) is 0 Å². The monoisotopic (exact) mass is 510 g/mol. The van der Waals surface area contributed by atoms with Gasteiger partial charge in [0.1, 0.15) is 18.8 Å². The molecule has 198 valence electrons. The van der Waals surface area contributed by atoms with Gasteiger partial charge in [-0.1, -0.05) is 45.0 Å². The van der Waals surface area contributed by atoms with Crippen LogP contribution in [-0.2, 0) is 16.7 Å². The van der Waals surface area contributed by atoms with Crippen molar-refractivity contribution in [2.24, 2.45) is 0 Å². The van der Waals surface area contributed by atoms with Crippen molar-refractivity contribution in [1.82, 2.24) is 35.1 Å². The molecule has 0 spiro atoms. The molecule has 2 atom stereocenters. The van der Waals surface area contributed by atoms with Crippen LogP contribution in [-0.4, -0.2) is 79.6 Å². The van der Waals surface area contributed by atoms with Gasteiger partial charge in [-0.2, -0.15) is 0 Å². The highest BCUT2D eigenvalue weighted by Gasteiger charge is 2.38. The molecule has 3 aromatic rings. The third-order valence-corrected chi connectivity index (χ3v) is 6.24. The first-order valence-corrected chi connectivity index (χ1v) is 12.1. The number of hydrogen-bond acceptors (Lipinski definition) is 9. The molecule has 2 aromatic heterocycles. The number of rotatable bonds is 8.